The van der Waals surface area contributed by atoms with E-state index in [0.717, 1.165) is 11.1 Å². The number of aldehydes is 1. The zero-order valence-electron chi connectivity index (χ0n) is 7.71. The summed E-state index contributed by atoms with van der Waals surface area (Å²) in [5.74, 6) is 0. The van der Waals surface area contributed by atoms with E-state index in [9.17, 15) is 4.79 Å². The molecule has 70 valence electrons. The average molecular weight is 187 g/mol. The van der Waals surface area contributed by atoms with Gasteiger partial charge < -0.3 is 0 Å². The van der Waals surface area contributed by atoms with Crippen LogP contribution in [-0.2, 0) is 4.79 Å². The number of hydrogen-bond donors (Lipinski definition) is 0. The van der Waals surface area contributed by atoms with Crippen molar-refractivity contribution in [1.29, 1.82) is 0 Å². The first-order chi connectivity index (χ1) is 6.77. The van der Waals surface area contributed by atoms with Gasteiger partial charge in [-0.25, -0.2) is 0 Å². The molecule has 1 aromatic rings. The average Bonchev–Trinajstić information content (AvgIpc) is 2.19. The van der Waals surface area contributed by atoms with E-state index in [0.29, 0.717) is 12.0 Å². The number of allylic oxidation sites excluding steroid dienone is 1. The zero-order valence-corrected chi connectivity index (χ0v) is 7.71. The third kappa shape index (κ3) is 2.47. The van der Waals surface area contributed by atoms with Crippen LogP contribution in [0.2, 0.25) is 0 Å². The first kappa shape index (κ1) is 10.0. The highest BCUT2D eigenvalue weighted by molar-refractivity contribution is 5.80. The van der Waals surface area contributed by atoms with Crippen molar-refractivity contribution in [1.82, 2.24) is 0 Å². The lowest BCUT2D eigenvalue weighted by Crippen LogP contribution is -1.81. The van der Waals surface area contributed by atoms with Crippen LogP contribution in [0.15, 0.2) is 35.5 Å². The van der Waals surface area contributed by atoms with Gasteiger partial charge in [-0.05, 0) is 24.1 Å². The van der Waals surface area contributed by atoms with Crippen molar-refractivity contribution in [3.8, 4) is 0 Å². The summed E-state index contributed by atoms with van der Waals surface area (Å²) in [5.41, 5.74) is 10.5. The van der Waals surface area contributed by atoms with Gasteiger partial charge in [0.1, 0.15) is 6.29 Å². The molecule has 0 atom stereocenters. The number of aryl methyl sites for hydroxylation is 1. The Morgan fingerprint density at radius 2 is 2.07 bits per heavy atom. The highest BCUT2D eigenvalue weighted by atomic mass is 16.1. The maximum atomic E-state index is 10.3. The smallest absolute Gasteiger partial charge is 0.143 e. The van der Waals surface area contributed by atoms with E-state index in [-0.39, 0.29) is 0 Å². The Hall–Kier alpha value is -2.06. The first-order valence-corrected chi connectivity index (χ1v) is 4.05. The van der Waals surface area contributed by atoms with Gasteiger partial charge in [-0.2, -0.15) is 0 Å². The summed E-state index contributed by atoms with van der Waals surface area (Å²) in [6.07, 6.45) is 1.84. The molecule has 0 spiro atoms. The molecule has 0 unspecified atom stereocenters. The van der Waals surface area contributed by atoms with Crippen molar-refractivity contribution < 1.29 is 4.79 Å². The second-order valence-electron chi connectivity index (χ2n) is 2.74. The highest BCUT2D eigenvalue weighted by Gasteiger charge is 1.97. The van der Waals surface area contributed by atoms with Gasteiger partial charge in [0.05, 0.1) is 0 Å². The second kappa shape index (κ2) is 4.84. The largest absolute Gasteiger partial charge is 0.299 e. The molecule has 0 amide bonds. The normalized spacial score (nSPS) is 10.5. The lowest BCUT2D eigenvalue weighted by Gasteiger charge is -1.99. The lowest BCUT2D eigenvalue weighted by molar-refractivity contribution is -0.104. The van der Waals surface area contributed by atoms with Crippen LogP contribution in [-0.4, -0.2) is 6.29 Å². The van der Waals surface area contributed by atoms with Crippen molar-refractivity contribution >= 4 is 12.0 Å². The molecule has 0 heterocycles. The summed E-state index contributed by atoms with van der Waals surface area (Å²) < 4.78 is 0. The molecule has 0 radical (unpaired) electrons. The molecular weight excluding hydrogens is 178 g/mol. The van der Waals surface area contributed by atoms with Gasteiger partial charge >= 0.3 is 0 Å². The molecule has 0 aliphatic heterocycles. The lowest BCUT2D eigenvalue weighted by atomic mass is 10.1. The monoisotopic (exact) mass is 187 g/mol. The Balaban J connectivity index is 3.12. The van der Waals surface area contributed by atoms with E-state index in [1.54, 1.807) is 12.1 Å². The minimum atomic E-state index is 0.336. The molecule has 1 rings (SSSR count). The molecule has 0 aliphatic carbocycles. The molecule has 14 heavy (non-hydrogen) atoms. The number of azide groups is 1. The number of nitrogens with zero attached hydrogens (tertiary/aromatic N) is 3. The van der Waals surface area contributed by atoms with Crippen molar-refractivity contribution in [2.45, 2.75) is 6.92 Å². The molecule has 0 saturated heterocycles. The van der Waals surface area contributed by atoms with E-state index in [1.165, 1.54) is 6.08 Å². The molecule has 4 heteroatoms. The van der Waals surface area contributed by atoms with Crippen LogP contribution >= 0.6 is 0 Å². The fourth-order valence-electron chi connectivity index (χ4n) is 1.02. The Labute approximate surface area is 81.5 Å². The van der Waals surface area contributed by atoms with Crippen LogP contribution in [0.4, 0.5) is 0 Å². The van der Waals surface area contributed by atoms with E-state index in [1.807, 2.05) is 19.1 Å². The molecule has 0 saturated carbocycles. The molecular formula is C10H9N3O. The van der Waals surface area contributed by atoms with Crippen molar-refractivity contribution in [2.24, 2.45) is 5.11 Å². The van der Waals surface area contributed by atoms with E-state index in [2.05, 4.69) is 10.0 Å². The highest BCUT2D eigenvalue weighted by Crippen LogP contribution is 2.15. The van der Waals surface area contributed by atoms with Gasteiger partial charge in [0, 0.05) is 10.6 Å². The van der Waals surface area contributed by atoms with Gasteiger partial charge in [0.25, 0.3) is 0 Å². The number of carbonyl (C=O) groups is 1. The predicted octanol–water partition coefficient (Wildman–Crippen LogP) is 2.85. The third-order valence-corrected chi connectivity index (χ3v) is 1.73. The zero-order chi connectivity index (χ0) is 10.4. The van der Waals surface area contributed by atoms with Crippen LogP contribution < -0.4 is 0 Å². The van der Waals surface area contributed by atoms with Gasteiger partial charge in [0.15, 0.2) is 0 Å². The standard InChI is InChI=1S/C10H9N3O/c1-8-2-4-9(5-3-8)10(6-7-14)12-13-11/h2-7H,1H3/b10-6-. The van der Waals surface area contributed by atoms with Crippen molar-refractivity contribution in [3.05, 3.63) is 51.9 Å². The Bertz CT molecular complexity index is 400. The summed E-state index contributed by atoms with van der Waals surface area (Å²) in [6, 6.07) is 7.39. The minimum Gasteiger partial charge on any atom is -0.299 e. The number of rotatable bonds is 3. The van der Waals surface area contributed by atoms with Crippen LogP contribution in [0.5, 0.6) is 0 Å². The topological polar surface area (TPSA) is 65.8 Å². The van der Waals surface area contributed by atoms with Crippen LogP contribution in [0, 0.1) is 6.92 Å². The van der Waals surface area contributed by atoms with Crippen LogP contribution in [0.25, 0.3) is 16.1 Å². The number of benzene rings is 1. The predicted molar refractivity (Wildman–Crippen MR) is 54.4 cm³/mol. The molecule has 1 aromatic carbocycles. The quantitative estimate of drug-likeness (QED) is 0.236. The van der Waals surface area contributed by atoms with E-state index < -0.39 is 0 Å². The Morgan fingerprint density at radius 3 is 2.57 bits per heavy atom. The maximum absolute atomic E-state index is 10.3. The molecule has 4 nitrogen and oxygen atoms in total. The first-order valence-electron chi connectivity index (χ1n) is 4.05. The summed E-state index contributed by atoms with van der Waals surface area (Å²) in [4.78, 5) is 12.9. The molecule has 0 fully saturated rings. The Morgan fingerprint density at radius 1 is 1.43 bits per heavy atom. The number of hydrogen-bond acceptors (Lipinski definition) is 2. The Kier molecular flexibility index (Phi) is 3.47. The fraction of sp³-hybridized carbons (Fsp3) is 0.100. The second-order valence-corrected chi connectivity index (χ2v) is 2.74. The van der Waals surface area contributed by atoms with Crippen molar-refractivity contribution in [3.63, 3.8) is 0 Å². The fourth-order valence-corrected chi connectivity index (χ4v) is 1.02. The number of carbonyl (C=O) groups excluding carboxylic acids is 1. The maximum Gasteiger partial charge on any atom is 0.143 e. The minimum absolute atomic E-state index is 0.336. The summed E-state index contributed by atoms with van der Waals surface area (Å²) >= 11 is 0. The van der Waals surface area contributed by atoms with Crippen LogP contribution in [0.3, 0.4) is 0 Å². The van der Waals surface area contributed by atoms with Crippen LogP contribution in [0.1, 0.15) is 11.1 Å². The third-order valence-electron chi connectivity index (χ3n) is 1.73. The summed E-state index contributed by atoms with van der Waals surface area (Å²) in [7, 11) is 0. The van der Waals surface area contributed by atoms with Gasteiger partial charge in [-0.1, -0.05) is 34.9 Å². The summed E-state index contributed by atoms with van der Waals surface area (Å²) in [6.45, 7) is 1.96. The van der Waals surface area contributed by atoms with E-state index >= 15 is 0 Å². The van der Waals surface area contributed by atoms with E-state index in [4.69, 9.17) is 5.53 Å². The van der Waals surface area contributed by atoms with Crippen molar-refractivity contribution in [2.75, 3.05) is 0 Å². The van der Waals surface area contributed by atoms with Gasteiger partial charge in [-0.15, -0.1) is 0 Å². The molecule has 0 N–H and O–H groups in total. The molecule has 0 aromatic heterocycles. The van der Waals surface area contributed by atoms with Gasteiger partial charge in [0.2, 0.25) is 0 Å². The molecule has 0 bridgehead atoms. The molecule has 0 aliphatic rings. The summed E-state index contributed by atoms with van der Waals surface area (Å²) in [5, 5.41) is 3.42. The SMILES string of the molecule is Cc1ccc(/C(=C/C=O)N=[N+]=[N-])cc1. The van der Waals surface area contributed by atoms with Gasteiger partial charge in [-0.3, -0.25) is 4.79 Å².